The van der Waals surface area contributed by atoms with E-state index in [4.69, 9.17) is 11.1 Å². The summed E-state index contributed by atoms with van der Waals surface area (Å²) >= 11 is 0. The number of rotatable bonds is 6. The van der Waals surface area contributed by atoms with Gasteiger partial charge < -0.3 is 16.0 Å². The molecule has 5 heteroatoms. The van der Waals surface area contributed by atoms with E-state index in [1.807, 2.05) is 12.1 Å². The van der Waals surface area contributed by atoms with Crippen LogP contribution < -0.4 is 11.1 Å². The van der Waals surface area contributed by atoms with Gasteiger partial charge in [-0.3, -0.25) is 10.2 Å². The van der Waals surface area contributed by atoms with Crippen molar-refractivity contribution < 1.29 is 4.79 Å². The van der Waals surface area contributed by atoms with Gasteiger partial charge in [-0.2, -0.15) is 0 Å². The fraction of sp³-hybridized carbons (Fsp3) is 0.667. The summed E-state index contributed by atoms with van der Waals surface area (Å²) in [5.41, 5.74) is 7.55. The molecule has 1 aromatic carbocycles. The van der Waals surface area contributed by atoms with Crippen LogP contribution in [0.1, 0.15) is 56.1 Å². The summed E-state index contributed by atoms with van der Waals surface area (Å²) in [6.45, 7) is 3.06. The van der Waals surface area contributed by atoms with E-state index in [2.05, 4.69) is 22.3 Å². The largest absolute Gasteiger partial charge is 0.384 e. The summed E-state index contributed by atoms with van der Waals surface area (Å²) in [5, 5.41) is 11.0. The van der Waals surface area contributed by atoms with Crippen molar-refractivity contribution in [3.05, 3.63) is 35.4 Å². The summed E-state index contributed by atoms with van der Waals surface area (Å²) in [4.78, 5) is 15.7. The third-order valence-electron chi connectivity index (χ3n) is 8.11. The molecule has 0 spiro atoms. The number of carbonyl (C=O) groups excluding carboxylic acids is 1. The van der Waals surface area contributed by atoms with Crippen LogP contribution in [0.15, 0.2) is 24.3 Å². The first kappa shape index (κ1) is 19.1. The van der Waals surface area contributed by atoms with Crippen molar-refractivity contribution in [1.82, 2.24) is 10.2 Å². The summed E-state index contributed by atoms with van der Waals surface area (Å²) in [6.07, 6.45) is 9.67. The highest BCUT2D eigenvalue weighted by Gasteiger charge is 2.54. The molecule has 4 N–H and O–H groups in total. The van der Waals surface area contributed by atoms with Crippen LogP contribution in [0.25, 0.3) is 0 Å². The number of benzene rings is 1. The third-order valence-corrected chi connectivity index (χ3v) is 8.11. The summed E-state index contributed by atoms with van der Waals surface area (Å²) in [6, 6.07) is 8.31. The second-order valence-corrected chi connectivity index (χ2v) is 10.3. The Morgan fingerprint density at radius 3 is 2.31 bits per heavy atom. The maximum Gasteiger partial charge on any atom is 0.226 e. The molecule has 1 aliphatic heterocycles. The highest BCUT2D eigenvalue weighted by atomic mass is 16.2. The molecule has 0 aromatic heterocycles. The molecule has 5 fully saturated rings. The topological polar surface area (TPSA) is 82.2 Å². The van der Waals surface area contributed by atoms with E-state index in [1.54, 1.807) is 0 Å². The fourth-order valence-corrected chi connectivity index (χ4v) is 7.02. The lowest BCUT2D eigenvalue weighted by atomic mass is 9.49. The Balaban J connectivity index is 1.12. The van der Waals surface area contributed by atoms with Crippen LogP contribution in [-0.4, -0.2) is 42.3 Å². The van der Waals surface area contributed by atoms with Gasteiger partial charge in [0.25, 0.3) is 0 Å². The van der Waals surface area contributed by atoms with Crippen LogP contribution in [0.4, 0.5) is 0 Å². The molecule has 5 nitrogen and oxygen atoms in total. The smallest absolute Gasteiger partial charge is 0.226 e. The van der Waals surface area contributed by atoms with Gasteiger partial charge >= 0.3 is 0 Å². The number of likely N-dealkylation sites (tertiary alicyclic amines) is 1. The average molecular weight is 395 g/mol. The van der Waals surface area contributed by atoms with Crippen molar-refractivity contribution in [3.8, 4) is 0 Å². The lowest BCUT2D eigenvalue weighted by molar-refractivity contribution is -0.146. The highest BCUT2D eigenvalue weighted by molar-refractivity contribution is 5.94. The van der Waals surface area contributed by atoms with Crippen molar-refractivity contribution in [1.29, 1.82) is 5.41 Å². The summed E-state index contributed by atoms with van der Waals surface area (Å²) in [7, 11) is 0. The van der Waals surface area contributed by atoms with Gasteiger partial charge in [-0.25, -0.2) is 0 Å². The van der Waals surface area contributed by atoms with Gasteiger partial charge in [-0.05, 0) is 74.7 Å². The number of hydrogen-bond donors (Lipinski definition) is 3. The molecule has 1 unspecified atom stereocenters. The zero-order valence-electron chi connectivity index (χ0n) is 17.3. The van der Waals surface area contributed by atoms with E-state index in [9.17, 15) is 4.79 Å². The molecule has 0 radical (unpaired) electrons. The first-order valence-corrected chi connectivity index (χ1v) is 11.5. The van der Waals surface area contributed by atoms with Crippen LogP contribution in [0.5, 0.6) is 0 Å². The summed E-state index contributed by atoms with van der Waals surface area (Å²) < 4.78 is 0. The van der Waals surface area contributed by atoms with Crippen molar-refractivity contribution in [2.75, 3.05) is 19.6 Å². The third kappa shape index (κ3) is 3.81. The number of nitrogens with one attached hydrogen (secondary N) is 2. The number of amides is 1. The Morgan fingerprint density at radius 1 is 1.10 bits per heavy atom. The molecule has 1 saturated heterocycles. The minimum atomic E-state index is -0.0272. The standard InChI is InChI=1S/C24H34N4O/c25-22(26)20-3-1-16(2-4-20)5-7-28-8-6-21(15-28)27-23(29)24-12-17-9-18(13-24)11-19(10-17)14-24/h1-4,17-19,21H,5-15H2,(H3,25,26)(H,27,29). The van der Waals surface area contributed by atoms with Crippen LogP contribution in [0.3, 0.4) is 0 Å². The maximum absolute atomic E-state index is 13.3. The molecule has 1 heterocycles. The number of carbonyl (C=O) groups is 1. The van der Waals surface area contributed by atoms with E-state index in [-0.39, 0.29) is 11.3 Å². The quantitative estimate of drug-likeness (QED) is 0.512. The number of nitrogens with zero attached hydrogens (tertiary/aromatic N) is 1. The van der Waals surface area contributed by atoms with Crippen molar-refractivity contribution >= 4 is 11.7 Å². The SMILES string of the molecule is N=C(N)c1ccc(CCN2CCC(NC(=O)C34CC5CC(CC(C5)C3)C4)C2)cc1. The first-order chi connectivity index (χ1) is 14.0. The maximum atomic E-state index is 13.3. The van der Waals surface area contributed by atoms with Gasteiger partial charge in [0.1, 0.15) is 5.84 Å². The predicted molar refractivity (Wildman–Crippen MR) is 115 cm³/mol. The zero-order valence-corrected chi connectivity index (χ0v) is 17.3. The molecule has 156 valence electrons. The molecule has 6 rings (SSSR count). The lowest BCUT2D eigenvalue weighted by Crippen LogP contribution is -2.55. The van der Waals surface area contributed by atoms with Crippen molar-refractivity contribution in [2.45, 2.75) is 57.4 Å². The molecule has 1 atom stereocenters. The Morgan fingerprint density at radius 2 is 1.72 bits per heavy atom. The molecular weight excluding hydrogens is 360 g/mol. The molecule has 1 amide bonds. The van der Waals surface area contributed by atoms with E-state index < -0.39 is 0 Å². The van der Waals surface area contributed by atoms with Gasteiger partial charge in [0.05, 0.1) is 0 Å². The van der Waals surface area contributed by atoms with Crippen molar-refractivity contribution in [2.24, 2.45) is 28.9 Å². The Labute approximate surface area is 173 Å². The zero-order chi connectivity index (χ0) is 20.0. The summed E-state index contributed by atoms with van der Waals surface area (Å²) in [5.74, 6) is 2.96. The molecular formula is C24H34N4O. The monoisotopic (exact) mass is 394 g/mol. The van der Waals surface area contributed by atoms with Gasteiger partial charge in [-0.1, -0.05) is 24.3 Å². The van der Waals surface area contributed by atoms with Crippen LogP contribution in [0.2, 0.25) is 0 Å². The molecule has 5 aliphatic rings. The molecule has 1 aromatic rings. The highest BCUT2D eigenvalue weighted by Crippen LogP contribution is 2.60. The van der Waals surface area contributed by atoms with Crippen LogP contribution in [-0.2, 0) is 11.2 Å². The van der Waals surface area contributed by atoms with Crippen molar-refractivity contribution in [3.63, 3.8) is 0 Å². The van der Waals surface area contributed by atoms with E-state index in [1.165, 1.54) is 24.8 Å². The normalized spacial score (nSPS) is 35.7. The Hall–Kier alpha value is -1.88. The number of nitrogen functional groups attached to an aromatic ring is 1. The van der Waals surface area contributed by atoms with E-state index >= 15 is 0 Å². The molecule has 29 heavy (non-hydrogen) atoms. The van der Waals surface area contributed by atoms with Crippen LogP contribution in [0, 0.1) is 28.6 Å². The number of nitrogens with two attached hydrogens (primary N) is 1. The molecule has 4 aliphatic carbocycles. The van der Waals surface area contributed by atoms with E-state index in [0.717, 1.165) is 75.1 Å². The fourth-order valence-electron chi connectivity index (χ4n) is 7.02. The van der Waals surface area contributed by atoms with E-state index in [0.29, 0.717) is 11.9 Å². The molecule has 4 saturated carbocycles. The first-order valence-electron chi connectivity index (χ1n) is 11.5. The van der Waals surface area contributed by atoms with Crippen LogP contribution >= 0.6 is 0 Å². The van der Waals surface area contributed by atoms with Gasteiger partial charge in [0, 0.05) is 36.7 Å². The average Bonchev–Trinajstić information content (AvgIpc) is 3.13. The number of hydrogen-bond acceptors (Lipinski definition) is 3. The Bertz CT molecular complexity index is 751. The minimum absolute atomic E-state index is 0.0272. The van der Waals surface area contributed by atoms with Gasteiger partial charge in [0.2, 0.25) is 5.91 Å². The Kier molecular flexibility index (Phi) is 4.89. The predicted octanol–water partition coefficient (Wildman–Crippen LogP) is 2.92. The van der Waals surface area contributed by atoms with Gasteiger partial charge in [0.15, 0.2) is 0 Å². The lowest BCUT2D eigenvalue weighted by Gasteiger charge is -2.55. The van der Waals surface area contributed by atoms with Gasteiger partial charge in [-0.15, -0.1) is 0 Å². The molecule has 4 bridgehead atoms. The number of amidine groups is 1. The minimum Gasteiger partial charge on any atom is -0.384 e. The second kappa shape index (κ2) is 7.42. The second-order valence-electron chi connectivity index (χ2n) is 10.3.